The van der Waals surface area contributed by atoms with Gasteiger partial charge in [-0.2, -0.15) is 4.31 Å². The van der Waals surface area contributed by atoms with Crippen LogP contribution in [0.1, 0.15) is 45.0 Å². The molecule has 0 aliphatic rings. The summed E-state index contributed by atoms with van der Waals surface area (Å²) >= 11 is 0. The second-order valence-corrected chi connectivity index (χ2v) is 9.79. The Labute approximate surface area is 178 Å². The van der Waals surface area contributed by atoms with E-state index in [4.69, 9.17) is 0 Å². The van der Waals surface area contributed by atoms with Crippen LogP contribution in [0.3, 0.4) is 0 Å². The van der Waals surface area contributed by atoms with Crippen LogP contribution in [-0.2, 0) is 14.8 Å². The Morgan fingerprint density at radius 1 is 0.900 bits per heavy atom. The van der Waals surface area contributed by atoms with Crippen molar-refractivity contribution in [1.82, 2.24) is 4.31 Å². The second kappa shape index (κ2) is 9.40. The molecule has 2 amide bonds. The quantitative estimate of drug-likeness (QED) is 0.694. The Balaban J connectivity index is 2.21. The third kappa shape index (κ3) is 5.67. The highest BCUT2D eigenvalue weighted by molar-refractivity contribution is 7.89. The smallest absolute Gasteiger partial charge is 0.255 e. The highest BCUT2D eigenvalue weighted by Crippen LogP contribution is 2.21. The summed E-state index contributed by atoms with van der Waals surface area (Å²) in [4.78, 5) is 24.9. The molecule has 0 aliphatic carbocycles. The molecule has 2 aromatic rings. The average molecular weight is 432 g/mol. The third-order valence-corrected chi connectivity index (χ3v) is 6.54. The number of benzene rings is 2. The van der Waals surface area contributed by atoms with Crippen LogP contribution in [0.25, 0.3) is 0 Å². The molecule has 2 aromatic carbocycles. The number of hydrogen-bond donors (Lipinski definition) is 2. The van der Waals surface area contributed by atoms with Crippen LogP contribution in [0, 0.1) is 5.41 Å². The summed E-state index contributed by atoms with van der Waals surface area (Å²) in [5, 5.41) is 5.56. The lowest BCUT2D eigenvalue weighted by Gasteiger charge is -2.19. The predicted octanol–water partition coefficient (Wildman–Crippen LogP) is 3.95. The van der Waals surface area contributed by atoms with Crippen molar-refractivity contribution >= 4 is 33.2 Å². The Kier molecular flexibility index (Phi) is 7.39. The molecule has 162 valence electrons. The summed E-state index contributed by atoms with van der Waals surface area (Å²) < 4.78 is 26.8. The van der Waals surface area contributed by atoms with Crippen LogP contribution < -0.4 is 10.6 Å². The minimum Gasteiger partial charge on any atom is -0.326 e. The molecule has 0 unspecified atom stereocenters. The van der Waals surface area contributed by atoms with E-state index in [2.05, 4.69) is 10.6 Å². The number of sulfonamides is 1. The Bertz CT molecular complexity index is 1020. The van der Waals surface area contributed by atoms with Crippen molar-refractivity contribution in [2.75, 3.05) is 23.7 Å². The monoisotopic (exact) mass is 431 g/mol. The highest BCUT2D eigenvalue weighted by Gasteiger charge is 2.23. The zero-order valence-electron chi connectivity index (χ0n) is 18.0. The first-order chi connectivity index (χ1) is 14.0. The topological polar surface area (TPSA) is 95.6 Å². The van der Waals surface area contributed by atoms with E-state index in [0.29, 0.717) is 24.5 Å². The normalized spacial score (nSPS) is 11.9. The van der Waals surface area contributed by atoms with Crippen molar-refractivity contribution in [3.05, 3.63) is 54.1 Å². The number of carbonyl (C=O) groups excluding carboxylic acids is 2. The first-order valence-electron chi connectivity index (χ1n) is 9.82. The number of hydrogen-bond acceptors (Lipinski definition) is 4. The first kappa shape index (κ1) is 23.6. The molecule has 0 atom stereocenters. The molecule has 0 aromatic heterocycles. The largest absolute Gasteiger partial charge is 0.326 e. The number of nitrogens with zero attached hydrogens (tertiary/aromatic N) is 1. The van der Waals surface area contributed by atoms with Gasteiger partial charge >= 0.3 is 0 Å². The fourth-order valence-corrected chi connectivity index (χ4v) is 4.21. The van der Waals surface area contributed by atoms with Crippen LogP contribution in [0.15, 0.2) is 53.4 Å². The second-order valence-electron chi connectivity index (χ2n) is 7.86. The summed E-state index contributed by atoms with van der Waals surface area (Å²) in [6.45, 7) is 9.67. The van der Waals surface area contributed by atoms with Gasteiger partial charge in [-0.15, -0.1) is 0 Å². The van der Waals surface area contributed by atoms with Crippen LogP contribution >= 0.6 is 0 Å². The maximum atomic E-state index is 12.7. The Morgan fingerprint density at radius 2 is 1.47 bits per heavy atom. The SMILES string of the molecule is CCN(CC)S(=O)(=O)c1cccc(C(=O)Nc2cccc(NC(=O)C(C)(C)C)c2)c1. The number of rotatable bonds is 7. The van der Waals surface area contributed by atoms with Crippen molar-refractivity contribution < 1.29 is 18.0 Å². The molecule has 0 saturated heterocycles. The maximum absolute atomic E-state index is 12.7. The predicted molar refractivity (Wildman–Crippen MR) is 119 cm³/mol. The van der Waals surface area contributed by atoms with E-state index in [0.717, 1.165) is 0 Å². The van der Waals surface area contributed by atoms with Crippen molar-refractivity contribution in [1.29, 1.82) is 0 Å². The third-order valence-electron chi connectivity index (χ3n) is 4.50. The molecule has 0 heterocycles. The molecular formula is C22H29N3O4S. The Morgan fingerprint density at radius 3 is 2.03 bits per heavy atom. The van der Waals surface area contributed by atoms with Crippen molar-refractivity contribution in [3.8, 4) is 0 Å². The van der Waals surface area contributed by atoms with Crippen LogP contribution in [0.4, 0.5) is 11.4 Å². The zero-order valence-corrected chi connectivity index (χ0v) is 18.8. The average Bonchev–Trinajstić information content (AvgIpc) is 2.68. The number of carbonyl (C=O) groups is 2. The molecule has 0 bridgehead atoms. The summed E-state index contributed by atoms with van der Waals surface area (Å²) in [5.41, 5.74) is 0.734. The van der Waals surface area contributed by atoms with E-state index in [1.165, 1.54) is 16.4 Å². The van der Waals surface area contributed by atoms with Gasteiger partial charge in [-0.3, -0.25) is 9.59 Å². The van der Waals surface area contributed by atoms with Gasteiger partial charge in [-0.05, 0) is 36.4 Å². The summed E-state index contributed by atoms with van der Waals surface area (Å²) in [6, 6.07) is 12.7. The molecule has 0 radical (unpaired) electrons. The van der Waals surface area contributed by atoms with Crippen LogP contribution in [-0.4, -0.2) is 37.6 Å². The maximum Gasteiger partial charge on any atom is 0.255 e. The summed E-state index contributed by atoms with van der Waals surface area (Å²) in [5.74, 6) is -0.578. The van der Waals surface area contributed by atoms with Gasteiger partial charge in [-0.1, -0.05) is 46.8 Å². The van der Waals surface area contributed by atoms with Gasteiger partial charge < -0.3 is 10.6 Å². The molecule has 8 heteroatoms. The fourth-order valence-electron chi connectivity index (χ4n) is 2.71. The van der Waals surface area contributed by atoms with Crippen LogP contribution in [0.2, 0.25) is 0 Å². The molecule has 2 N–H and O–H groups in total. The minimum absolute atomic E-state index is 0.0741. The van der Waals surface area contributed by atoms with E-state index in [1.807, 2.05) is 20.8 Å². The van der Waals surface area contributed by atoms with Gasteiger partial charge in [0.15, 0.2) is 0 Å². The van der Waals surface area contributed by atoms with E-state index in [-0.39, 0.29) is 16.4 Å². The van der Waals surface area contributed by atoms with Gasteiger partial charge in [0.1, 0.15) is 0 Å². The highest BCUT2D eigenvalue weighted by atomic mass is 32.2. The van der Waals surface area contributed by atoms with Gasteiger partial charge in [0.25, 0.3) is 5.91 Å². The lowest BCUT2D eigenvalue weighted by Crippen LogP contribution is -2.30. The van der Waals surface area contributed by atoms with Crippen molar-refractivity contribution in [3.63, 3.8) is 0 Å². The molecule has 0 saturated carbocycles. The lowest BCUT2D eigenvalue weighted by molar-refractivity contribution is -0.123. The molecule has 7 nitrogen and oxygen atoms in total. The van der Waals surface area contributed by atoms with Crippen molar-refractivity contribution in [2.24, 2.45) is 5.41 Å². The van der Waals surface area contributed by atoms with Crippen molar-refractivity contribution in [2.45, 2.75) is 39.5 Å². The van der Waals surface area contributed by atoms with Crippen LogP contribution in [0.5, 0.6) is 0 Å². The number of anilines is 2. The molecular weight excluding hydrogens is 402 g/mol. The number of nitrogens with one attached hydrogen (secondary N) is 2. The van der Waals surface area contributed by atoms with E-state index >= 15 is 0 Å². The molecule has 0 aliphatic heterocycles. The summed E-state index contributed by atoms with van der Waals surface area (Å²) in [7, 11) is -3.66. The lowest BCUT2D eigenvalue weighted by atomic mass is 9.95. The fraction of sp³-hybridized carbons (Fsp3) is 0.364. The Hall–Kier alpha value is -2.71. The molecule has 0 spiro atoms. The molecule has 2 rings (SSSR count). The van der Waals surface area contributed by atoms with E-state index < -0.39 is 21.3 Å². The van der Waals surface area contributed by atoms with Gasteiger partial charge in [-0.25, -0.2) is 8.42 Å². The van der Waals surface area contributed by atoms with Gasteiger partial charge in [0.05, 0.1) is 4.90 Å². The summed E-state index contributed by atoms with van der Waals surface area (Å²) in [6.07, 6.45) is 0. The van der Waals surface area contributed by atoms with E-state index in [1.54, 1.807) is 50.2 Å². The molecule has 30 heavy (non-hydrogen) atoms. The van der Waals surface area contributed by atoms with Gasteiger partial charge in [0.2, 0.25) is 15.9 Å². The number of amides is 2. The standard InChI is InChI=1S/C22H29N3O4S/c1-6-25(7-2)30(28,29)19-13-8-10-16(14-19)20(26)23-17-11-9-12-18(15-17)24-21(27)22(3,4)5/h8-15H,6-7H2,1-5H3,(H,23,26)(H,24,27). The first-order valence-corrected chi connectivity index (χ1v) is 11.3. The minimum atomic E-state index is -3.66. The molecule has 0 fully saturated rings. The zero-order chi connectivity index (χ0) is 22.5. The van der Waals surface area contributed by atoms with E-state index in [9.17, 15) is 18.0 Å². The van der Waals surface area contributed by atoms with Gasteiger partial charge in [0, 0.05) is 35.4 Å².